The summed E-state index contributed by atoms with van der Waals surface area (Å²) in [4.78, 5) is 9.99. The van der Waals surface area contributed by atoms with Crippen molar-refractivity contribution in [3.05, 3.63) is 35.6 Å². The highest BCUT2D eigenvalue weighted by Gasteiger charge is 1.89. The molecule has 1 aromatic rings. The van der Waals surface area contributed by atoms with E-state index in [-0.39, 0.29) is 5.82 Å². The highest BCUT2D eigenvalue weighted by molar-refractivity contribution is 5.74. The Morgan fingerprint density at radius 2 is 2.22 bits per heavy atom. The van der Waals surface area contributed by atoms with Gasteiger partial charge in [0.25, 0.3) is 0 Å². The average Bonchev–Trinajstić information content (AvgIpc) is 1.88. The standard InChI is InChI=1S/C7H5FO/c8-7-3-1-2-6(4-7)5-9/h1-5H/i8-1. The second-order valence-corrected chi connectivity index (χ2v) is 1.67. The summed E-state index contributed by atoms with van der Waals surface area (Å²) >= 11 is 0. The van der Waals surface area contributed by atoms with Crippen LogP contribution in [0.1, 0.15) is 10.4 Å². The highest BCUT2D eigenvalue weighted by atomic mass is 18.2. The minimum absolute atomic E-state index is 0.370. The molecule has 1 aromatic carbocycles. The third-order valence-corrected chi connectivity index (χ3v) is 0.985. The lowest BCUT2D eigenvalue weighted by atomic mass is 10.2. The first-order chi connectivity index (χ1) is 4.33. The lowest BCUT2D eigenvalue weighted by Crippen LogP contribution is -1.79. The molecule has 0 unspecified atom stereocenters. The van der Waals surface area contributed by atoms with Crippen molar-refractivity contribution in [1.82, 2.24) is 0 Å². The summed E-state index contributed by atoms with van der Waals surface area (Å²) in [6, 6.07) is 5.54. The van der Waals surface area contributed by atoms with E-state index in [4.69, 9.17) is 0 Å². The number of rotatable bonds is 1. The number of carbonyl (C=O) groups excluding carboxylic acids is 1. The SMILES string of the molecule is O=Cc1cccc([18F])c1. The van der Waals surface area contributed by atoms with Crippen molar-refractivity contribution in [2.24, 2.45) is 0 Å². The fourth-order valence-corrected chi connectivity index (χ4v) is 0.580. The molecular weight excluding hydrogens is 118 g/mol. The topological polar surface area (TPSA) is 17.1 Å². The molecular formula is C7H5FO. The Balaban J connectivity index is 3.07. The van der Waals surface area contributed by atoms with Gasteiger partial charge in [0.1, 0.15) is 12.1 Å². The van der Waals surface area contributed by atoms with Gasteiger partial charge in [0, 0.05) is 5.56 Å². The second-order valence-electron chi connectivity index (χ2n) is 1.67. The van der Waals surface area contributed by atoms with Gasteiger partial charge in [-0.2, -0.15) is 0 Å². The van der Waals surface area contributed by atoms with E-state index in [1.165, 1.54) is 18.2 Å². The van der Waals surface area contributed by atoms with E-state index >= 15 is 0 Å². The van der Waals surface area contributed by atoms with Crippen LogP contribution in [0.3, 0.4) is 0 Å². The zero-order valence-electron chi connectivity index (χ0n) is 4.67. The van der Waals surface area contributed by atoms with E-state index in [2.05, 4.69) is 0 Å². The van der Waals surface area contributed by atoms with Crippen LogP contribution in [-0.2, 0) is 0 Å². The summed E-state index contributed by atoms with van der Waals surface area (Å²) in [6.45, 7) is 0. The largest absolute Gasteiger partial charge is 0.298 e. The van der Waals surface area contributed by atoms with Crippen LogP contribution in [0, 0.1) is 5.82 Å². The molecule has 0 heterocycles. The minimum atomic E-state index is -0.375. The van der Waals surface area contributed by atoms with E-state index < -0.39 is 0 Å². The molecule has 0 amide bonds. The molecule has 1 nitrogen and oxygen atoms in total. The van der Waals surface area contributed by atoms with Crippen LogP contribution in [0.25, 0.3) is 0 Å². The molecule has 46 valence electrons. The van der Waals surface area contributed by atoms with E-state index in [1.54, 1.807) is 6.07 Å². The third kappa shape index (κ3) is 1.35. The summed E-state index contributed by atoms with van der Waals surface area (Å²) in [5.41, 5.74) is 0.370. The zero-order valence-corrected chi connectivity index (χ0v) is 4.67. The Morgan fingerprint density at radius 3 is 2.67 bits per heavy atom. The summed E-state index contributed by atoms with van der Waals surface area (Å²) < 4.78 is 12.2. The van der Waals surface area contributed by atoms with Gasteiger partial charge in [-0.05, 0) is 12.1 Å². The lowest BCUT2D eigenvalue weighted by molar-refractivity contribution is 0.112. The fourth-order valence-electron chi connectivity index (χ4n) is 0.580. The Morgan fingerprint density at radius 1 is 1.44 bits per heavy atom. The van der Waals surface area contributed by atoms with Crippen LogP contribution >= 0.6 is 0 Å². The predicted octanol–water partition coefficient (Wildman–Crippen LogP) is 1.64. The van der Waals surface area contributed by atoms with Crippen LogP contribution in [0.4, 0.5) is 4.39 Å². The second kappa shape index (κ2) is 2.40. The summed E-state index contributed by atoms with van der Waals surface area (Å²) in [6.07, 6.45) is 0.614. The van der Waals surface area contributed by atoms with Crippen LogP contribution in [0.5, 0.6) is 0 Å². The molecule has 0 radical (unpaired) electrons. The van der Waals surface area contributed by atoms with Gasteiger partial charge in [0.15, 0.2) is 0 Å². The van der Waals surface area contributed by atoms with Crippen molar-refractivity contribution >= 4 is 6.29 Å². The Labute approximate surface area is 52.1 Å². The normalized spacial score (nSPS) is 9.00. The van der Waals surface area contributed by atoms with Crippen LogP contribution < -0.4 is 0 Å². The Hall–Kier alpha value is -1.18. The smallest absolute Gasteiger partial charge is 0.150 e. The van der Waals surface area contributed by atoms with Crippen molar-refractivity contribution < 1.29 is 9.18 Å². The van der Waals surface area contributed by atoms with E-state index in [0.717, 1.165) is 0 Å². The zero-order chi connectivity index (χ0) is 6.69. The molecule has 9 heavy (non-hydrogen) atoms. The van der Waals surface area contributed by atoms with Crippen molar-refractivity contribution in [2.75, 3.05) is 0 Å². The maximum atomic E-state index is 12.2. The van der Waals surface area contributed by atoms with Crippen molar-refractivity contribution in [3.63, 3.8) is 0 Å². The molecule has 1 rings (SSSR count). The molecule has 0 aliphatic rings. The summed E-state index contributed by atoms with van der Waals surface area (Å²) in [7, 11) is 0. The van der Waals surface area contributed by atoms with Gasteiger partial charge in [0.05, 0.1) is 0 Å². The van der Waals surface area contributed by atoms with Gasteiger partial charge in [-0.15, -0.1) is 0 Å². The molecule has 0 saturated heterocycles. The van der Waals surface area contributed by atoms with Gasteiger partial charge in [-0.1, -0.05) is 12.1 Å². The number of benzene rings is 1. The van der Waals surface area contributed by atoms with Gasteiger partial charge in [-0.3, -0.25) is 4.79 Å². The molecule has 0 saturated carbocycles. The summed E-state index contributed by atoms with van der Waals surface area (Å²) in [5.74, 6) is -0.375. The van der Waals surface area contributed by atoms with Crippen molar-refractivity contribution in [1.29, 1.82) is 0 Å². The van der Waals surface area contributed by atoms with Crippen LogP contribution in [0.15, 0.2) is 24.3 Å². The number of carbonyl (C=O) groups is 1. The monoisotopic (exact) mass is 123 g/mol. The number of hydrogen-bond acceptors (Lipinski definition) is 1. The van der Waals surface area contributed by atoms with Crippen LogP contribution in [0.2, 0.25) is 0 Å². The molecule has 0 fully saturated rings. The first-order valence-electron chi connectivity index (χ1n) is 2.53. The van der Waals surface area contributed by atoms with Crippen molar-refractivity contribution in [3.8, 4) is 0 Å². The summed E-state index contributed by atoms with van der Waals surface area (Å²) in [5, 5.41) is 0. The predicted molar refractivity (Wildman–Crippen MR) is 31.8 cm³/mol. The first kappa shape index (κ1) is 5.95. The molecule has 0 atom stereocenters. The number of aldehydes is 1. The lowest BCUT2D eigenvalue weighted by Gasteiger charge is -1.86. The first-order valence-corrected chi connectivity index (χ1v) is 2.53. The molecule has 0 aromatic heterocycles. The molecule has 0 aliphatic heterocycles. The fraction of sp³-hybridized carbons (Fsp3) is 0. The molecule has 0 bridgehead atoms. The van der Waals surface area contributed by atoms with Gasteiger partial charge < -0.3 is 0 Å². The minimum Gasteiger partial charge on any atom is -0.298 e. The molecule has 2 heteroatoms. The Bertz CT molecular complexity index is 220. The average molecular weight is 123 g/mol. The molecule has 0 aliphatic carbocycles. The number of halogens is 1. The third-order valence-electron chi connectivity index (χ3n) is 0.985. The molecule has 0 N–H and O–H groups in total. The van der Waals surface area contributed by atoms with Gasteiger partial charge in [0.2, 0.25) is 0 Å². The van der Waals surface area contributed by atoms with E-state index in [0.29, 0.717) is 11.8 Å². The number of hydrogen-bond donors (Lipinski definition) is 0. The molecule has 0 spiro atoms. The maximum Gasteiger partial charge on any atom is 0.150 e. The van der Waals surface area contributed by atoms with Crippen molar-refractivity contribution in [2.45, 2.75) is 0 Å². The maximum absolute atomic E-state index is 12.2. The quantitative estimate of drug-likeness (QED) is 0.519. The van der Waals surface area contributed by atoms with E-state index in [1.807, 2.05) is 0 Å². The van der Waals surface area contributed by atoms with Gasteiger partial charge >= 0.3 is 0 Å². The highest BCUT2D eigenvalue weighted by Crippen LogP contribution is 1.99. The van der Waals surface area contributed by atoms with Crippen LogP contribution in [-0.4, -0.2) is 6.29 Å². The van der Waals surface area contributed by atoms with Gasteiger partial charge in [-0.25, -0.2) is 4.39 Å². The Kier molecular flexibility index (Phi) is 1.58. The van der Waals surface area contributed by atoms with E-state index in [9.17, 15) is 9.18 Å².